The van der Waals surface area contributed by atoms with Crippen LogP contribution in [0.1, 0.15) is 0 Å². The summed E-state index contributed by atoms with van der Waals surface area (Å²) in [6.45, 7) is -0.670. The first-order chi connectivity index (χ1) is 2.81. The van der Waals surface area contributed by atoms with E-state index < -0.39 is 12.4 Å². The highest BCUT2D eigenvalue weighted by atomic mass is 16.3. The summed E-state index contributed by atoms with van der Waals surface area (Å²) in [7, 11) is 0. The van der Waals surface area contributed by atoms with Crippen LogP contribution in [0.5, 0.6) is 0 Å². The second kappa shape index (κ2) is 2.36. The van der Waals surface area contributed by atoms with E-state index in [0.29, 0.717) is 0 Å². The molecule has 32 valence electrons. The SMILES string of the molecule is N#CC(=O)CO. The molecule has 3 heteroatoms. The molecule has 0 aromatic rings. The zero-order chi connectivity index (χ0) is 4.99. The molecule has 0 aromatic carbocycles. The molecule has 0 saturated carbocycles. The summed E-state index contributed by atoms with van der Waals surface area (Å²) in [5, 5.41) is 15.3. The Morgan fingerprint density at radius 3 is 2.50 bits per heavy atom. The second-order valence-electron chi connectivity index (χ2n) is 0.693. The molecular weight excluding hydrogens is 82.0 g/mol. The fourth-order valence-electron chi connectivity index (χ4n) is 0.0354. The Kier molecular flexibility index (Phi) is 2.02. The minimum absolute atomic E-state index is 0.670. The number of carbonyl (C=O) groups is 1. The molecular formula is C3H3NO2. The number of nitrogens with zero attached hydrogens (tertiary/aromatic N) is 1. The number of hydrogen-bond donors (Lipinski definition) is 1. The zero-order valence-corrected chi connectivity index (χ0v) is 3.01. The lowest BCUT2D eigenvalue weighted by molar-refractivity contribution is -0.116. The number of hydrogen-bond acceptors (Lipinski definition) is 3. The van der Waals surface area contributed by atoms with E-state index in [1.165, 1.54) is 6.07 Å². The van der Waals surface area contributed by atoms with E-state index >= 15 is 0 Å². The summed E-state index contributed by atoms with van der Waals surface area (Å²) in [4.78, 5) is 9.57. The van der Waals surface area contributed by atoms with Crippen molar-refractivity contribution in [3.8, 4) is 6.07 Å². The topological polar surface area (TPSA) is 61.1 Å². The minimum atomic E-state index is -0.796. The molecule has 0 aliphatic heterocycles. The predicted molar refractivity (Wildman–Crippen MR) is 17.7 cm³/mol. The molecule has 0 aliphatic carbocycles. The van der Waals surface area contributed by atoms with Crippen molar-refractivity contribution in [2.24, 2.45) is 0 Å². The fourth-order valence-corrected chi connectivity index (χ4v) is 0.0354. The first kappa shape index (κ1) is 5.12. The van der Waals surface area contributed by atoms with Gasteiger partial charge in [0.15, 0.2) is 0 Å². The van der Waals surface area contributed by atoms with Crippen LogP contribution < -0.4 is 0 Å². The first-order valence-electron chi connectivity index (χ1n) is 1.35. The third-order valence-corrected chi connectivity index (χ3v) is 0.268. The number of Topliss-reactive ketones (excluding diaryl/α,β-unsaturated/α-hetero) is 1. The number of ketones is 1. The lowest BCUT2D eigenvalue weighted by Gasteiger charge is -1.69. The van der Waals surface area contributed by atoms with E-state index in [-0.39, 0.29) is 0 Å². The van der Waals surface area contributed by atoms with Gasteiger partial charge >= 0.3 is 0 Å². The van der Waals surface area contributed by atoms with Crippen LogP contribution >= 0.6 is 0 Å². The van der Waals surface area contributed by atoms with Gasteiger partial charge in [-0.05, 0) is 0 Å². The highest BCUT2D eigenvalue weighted by molar-refractivity contribution is 5.94. The fraction of sp³-hybridized carbons (Fsp3) is 0.333. The molecule has 0 aromatic heterocycles. The van der Waals surface area contributed by atoms with Gasteiger partial charge in [-0.1, -0.05) is 0 Å². The van der Waals surface area contributed by atoms with E-state index in [9.17, 15) is 4.79 Å². The van der Waals surface area contributed by atoms with Gasteiger partial charge in [0.05, 0.1) is 0 Å². The maximum Gasteiger partial charge on any atom is 0.257 e. The quantitative estimate of drug-likeness (QED) is 0.418. The Morgan fingerprint density at radius 2 is 2.50 bits per heavy atom. The van der Waals surface area contributed by atoms with Crippen molar-refractivity contribution < 1.29 is 9.90 Å². The summed E-state index contributed by atoms with van der Waals surface area (Å²) in [5.41, 5.74) is 0. The summed E-state index contributed by atoms with van der Waals surface area (Å²) in [6.07, 6.45) is 0. The van der Waals surface area contributed by atoms with Crippen molar-refractivity contribution >= 4 is 5.78 Å². The minimum Gasteiger partial charge on any atom is -0.387 e. The normalized spacial score (nSPS) is 6.67. The predicted octanol–water partition coefficient (Wildman–Crippen LogP) is -0.929. The second-order valence-corrected chi connectivity index (χ2v) is 0.693. The molecule has 0 amide bonds. The molecule has 0 unspecified atom stereocenters. The van der Waals surface area contributed by atoms with E-state index in [1.807, 2.05) is 0 Å². The molecule has 6 heavy (non-hydrogen) atoms. The van der Waals surface area contributed by atoms with Crippen molar-refractivity contribution in [3.05, 3.63) is 0 Å². The molecule has 0 aliphatic rings. The van der Waals surface area contributed by atoms with Crippen LogP contribution in [0, 0.1) is 11.3 Å². The van der Waals surface area contributed by atoms with Crippen molar-refractivity contribution in [1.82, 2.24) is 0 Å². The molecule has 0 bridgehead atoms. The summed E-state index contributed by atoms with van der Waals surface area (Å²) in [6, 6.07) is 1.23. The molecule has 0 saturated heterocycles. The van der Waals surface area contributed by atoms with Gasteiger partial charge in [-0.25, -0.2) is 0 Å². The van der Waals surface area contributed by atoms with Crippen LogP contribution in [0.3, 0.4) is 0 Å². The maximum atomic E-state index is 9.57. The van der Waals surface area contributed by atoms with E-state index in [0.717, 1.165) is 0 Å². The maximum absolute atomic E-state index is 9.57. The zero-order valence-electron chi connectivity index (χ0n) is 3.01. The monoisotopic (exact) mass is 85.0 g/mol. The third kappa shape index (κ3) is 1.44. The van der Waals surface area contributed by atoms with Crippen LogP contribution in [0.25, 0.3) is 0 Å². The van der Waals surface area contributed by atoms with Crippen molar-refractivity contribution in [2.75, 3.05) is 6.61 Å². The van der Waals surface area contributed by atoms with Gasteiger partial charge in [-0.15, -0.1) is 0 Å². The van der Waals surface area contributed by atoms with E-state index in [1.54, 1.807) is 0 Å². The van der Waals surface area contributed by atoms with Gasteiger partial charge in [0.2, 0.25) is 0 Å². The smallest absolute Gasteiger partial charge is 0.257 e. The van der Waals surface area contributed by atoms with Crippen molar-refractivity contribution in [2.45, 2.75) is 0 Å². The van der Waals surface area contributed by atoms with Crippen molar-refractivity contribution in [1.29, 1.82) is 5.26 Å². The molecule has 0 rings (SSSR count). The molecule has 1 N–H and O–H groups in total. The molecule has 0 fully saturated rings. The van der Waals surface area contributed by atoms with Crippen molar-refractivity contribution in [3.63, 3.8) is 0 Å². The molecule has 3 nitrogen and oxygen atoms in total. The van der Waals surface area contributed by atoms with Crippen LogP contribution in [0.2, 0.25) is 0 Å². The summed E-state index contributed by atoms with van der Waals surface area (Å²) in [5.74, 6) is -0.796. The lowest BCUT2D eigenvalue weighted by atomic mass is 10.5. The lowest BCUT2D eigenvalue weighted by Crippen LogP contribution is -1.97. The van der Waals surface area contributed by atoms with Gasteiger partial charge in [-0.3, -0.25) is 4.79 Å². The van der Waals surface area contributed by atoms with Crippen LogP contribution in [-0.2, 0) is 4.79 Å². The van der Waals surface area contributed by atoms with E-state index in [4.69, 9.17) is 10.4 Å². The van der Waals surface area contributed by atoms with Gasteiger partial charge in [0.1, 0.15) is 12.7 Å². The highest BCUT2D eigenvalue weighted by Crippen LogP contribution is 1.57. The Labute approximate surface area is 34.8 Å². The van der Waals surface area contributed by atoms with Crippen LogP contribution in [-0.4, -0.2) is 17.5 Å². The Hall–Kier alpha value is -0.880. The molecule has 0 atom stereocenters. The molecule has 0 radical (unpaired) electrons. The van der Waals surface area contributed by atoms with Gasteiger partial charge in [0, 0.05) is 0 Å². The summed E-state index contributed by atoms with van der Waals surface area (Å²) >= 11 is 0. The Bertz CT molecular complexity index is 91.5. The van der Waals surface area contributed by atoms with E-state index in [2.05, 4.69) is 0 Å². The van der Waals surface area contributed by atoms with Gasteiger partial charge < -0.3 is 5.11 Å². The third-order valence-electron chi connectivity index (χ3n) is 0.268. The number of carbonyl (C=O) groups excluding carboxylic acids is 1. The van der Waals surface area contributed by atoms with Crippen LogP contribution in [0.4, 0.5) is 0 Å². The average molecular weight is 85.1 g/mol. The first-order valence-corrected chi connectivity index (χ1v) is 1.35. The van der Waals surface area contributed by atoms with Gasteiger partial charge in [-0.2, -0.15) is 5.26 Å². The number of aliphatic hydroxyl groups excluding tert-OH is 1. The average Bonchev–Trinajstić information content (AvgIpc) is 1.65. The van der Waals surface area contributed by atoms with Gasteiger partial charge in [0.25, 0.3) is 5.78 Å². The molecule has 0 heterocycles. The summed E-state index contributed by atoms with van der Waals surface area (Å²) < 4.78 is 0. The molecule has 0 spiro atoms. The number of nitriles is 1. The Morgan fingerprint density at radius 1 is 2.00 bits per heavy atom. The largest absolute Gasteiger partial charge is 0.387 e. The van der Waals surface area contributed by atoms with Crippen LogP contribution in [0.15, 0.2) is 0 Å². The number of rotatable bonds is 1. The number of aliphatic hydroxyl groups is 1. The highest BCUT2D eigenvalue weighted by Gasteiger charge is 1.88. The standard InChI is InChI=1S/C3H3NO2/c4-1-3(6)2-5/h5H,2H2. The Balaban J connectivity index is 3.33.